The lowest BCUT2D eigenvalue weighted by molar-refractivity contribution is -0.394. The first-order chi connectivity index (χ1) is 11.2. The smallest absolute Gasteiger partial charge is 0.277 e. The first-order valence-electron chi connectivity index (χ1n) is 6.74. The van der Waals surface area contributed by atoms with Crippen LogP contribution in [0.25, 0.3) is 0 Å². The zero-order valence-electron chi connectivity index (χ0n) is 12.8. The van der Waals surface area contributed by atoms with Crippen molar-refractivity contribution in [2.45, 2.75) is 13.8 Å². The first kappa shape index (κ1) is 16.9. The van der Waals surface area contributed by atoms with Gasteiger partial charge in [-0.25, -0.2) is 0 Å². The van der Waals surface area contributed by atoms with Crippen molar-refractivity contribution in [3.8, 4) is 5.75 Å². The summed E-state index contributed by atoms with van der Waals surface area (Å²) in [5.41, 5.74) is 0.193. The number of carbonyl (C=O) groups excluding carboxylic acids is 1. The number of non-ortho nitro benzene ring substituents is 2. The summed E-state index contributed by atoms with van der Waals surface area (Å²) in [7, 11) is 0. The molecule has 9 heteroatoms. The highest BCUT2D eigenvalue weighted by molar-refractivity contribution is 6.05. The molecule has 0 aliphatic heterocycles. The van der Waals surface area contributed by atoms with Gasteiger partial charge in [-0.3, -0.25) is 25.0 Å². The highest BCUT2D eigenvalue weighted by atomic mass is 16.6. The van der Waals surface area contributed by atoms with E-state index in [4.69, 9.17) is 0 Å². The summed E-state index contributed by atoms with van der Waals surface area (Å²) in [5, 5.41) is 33.9. The number of anilines is 1. The SMILES string of the molecule is Cc1cc(NC(=O)c2cc([N+](=O)[O-])cc([N+](=O)[O-])c2)c(C)cc1O. The van der Waals surface area contributed by atoms with Gasteiger partial charge in [0.25, 0.3) is 17.3 Å². The van der Waals surface area contributed by atoms with Crippen LogP contribution in [-0.2, 0) is 0 Å². The third-order valence-corrected chi connectivity index (χ3v) is 3.38. The molecule has 9 nitrogen and oxygen atoms in total. The van der Waals surface area contributed by atoms with Crippen molar-refractivity contribution in [3.05, 3.63) is 67.3 Å². The zero-order chi connectivity index (χ0) is 18.0. The molecule has 0 aromatic heterocycles. The van der Waals surface area contributed by atoms with Crippen LogP contribution in [0.1, 0.15) is 21.5 Å². The van der Waals surface area contributed by atoms with Crippen LogP contribution in [0.4, 0.5) is 17.1 Å². The lowest BCUT2D eigenvalue weighted by Crippen LogP contribution is -2.13. The van der Waals surface area contributed by atoms with Crippen LogP contribution in [-0.4, -0.2) is 20.9 Å². The molecule has 0 aliphatic rings. The molecule has 2 rings (SSSR count). The maximum Gasteiger partial charge on any atom is 0.277 e. The van der Waals surface area contributed by atoms with Gasteiger partial charge in [-0.2, -0.15) is 0 Å². The Balaban J connectivity index is 2.41. The van der Waals surface area contributed by atoms with Gasteiger partial charge in [-0.05, 0) is 37.1 Å². The van der Waals surface area contributed by atoms with E-state index in [1.54, 1.807) is 13.8 Å². The minimum Gasteiger partial charge on any atom is -0.508 e. The second kappa shape index (κ2) is 6.32. The number of benzene rings is 2. The Morgan fingerprint density at radius 2 is 1.50 bits per heavy atom. The molecule has 124 valence electrons. The van der Waals surface area contributed by atoms with Gasteiger partial charge in [-0.1, -0.05) is 0 Å². The summed E-state index contributed by atoms with van der Waals surface area (Å²) in [6.45, 7) is 3.30. The number of aryl methyl sites for hydroxylation is 2. The van der Waals surface area contributed by atoms with Gasteiger partial charge in [-0.15, -0.1) is 0 Å². The number of aromatic hydroxyl groups is 1. The number of nitro benzene ring substituents is 2. The molecule has 24 heavy (non-hydrogen) atoms. The van der Waals surface area contributed by atoms with Crippen molar-refractivity contribution in [1.29, 1.82) is 0 Å². The maximum atomic E-state index is 12.3. The maximum absolute atomic E-state index is 12.3. The second-order valence-electron chi connectivity index (χ2n) is 5.16. The summed E-state index contributed by atoms with van der Waals surface area (Å²) in [6.07, 6.45) is 0. The van der Waals surface area contributed by atoms with Gasteiger partial charge in [0, 0.05) is 17.8 Å². The predicted molar refractivity (Wildman–Crippen MR) is 85.3 cm³/mol. The third kappa shape index (κ3) is 3.46. The molecule has 0 radical (unpaired) electrons. The summed E-state index contributed by atoms with van der Waals surface area (Å²) < 4.78 is 0. The van der Waals surface area contributed by atoms with Crippen LogP contribution in [0, 0.1) is 34.1 Å². The lowest BCUT2D eigenvalue weighted by atomic mass is 10.1. The Hall–Kier alpha value is -3.49. The van der Waals surface area contributed by atoms with E-state index in [0.29, 0.717) is 16.8 Å². The molecule has 1 amide bonds. The van der Waals surface area contributed by atoms with E-state index in [2.05, 4.69) is 5.32 Å². The Labute approximate surface area is 135 Å². The molecule has 2 aromatic carbocycles. The van der Waals surface area contributed by atoms with Gasteiger partial charge in [0.05, 0.1) is 21.5 Å². The molecule has 0 saturated heterocycles. The molecule has 0 saturated carbocycles. The number of nitro groups is 2. The van der Waals surface area contributed by atoms with E-state index < -0.39 is 27.1 Å². The fourth-order valence-corrected chi connectivity index (χ4v) is 2.07. The van der Waals surface area contributed by atoms with Gasteiger partial charge < -0.3 is 10.4 Å². The van der Waals surface area contributed by atoms with Crippen LogP contribution in [0.15, 0.2) is 30.3 Å². The number of rotatable bonds is 4. The van der Waals surface area contributed by atoms with Crippen molar-refractivity contribution >= 4 is 23.0 Å². The summed E-state index contributed by atoms with van der Waals surface area (Å²) in [5.74, 6) is -0.661. The second-order valence-corrected chi connectivity index (χ2v) is 5.16. The van der Waals surface area contributed by atoms with Crippen LogP contribution in [0.3, 0.4) is 0 Å². The molecule has 0 aliphatic carbocycles. The normalized spacial score (nSPS) is 10.2. The average Bonchev–Trinajstić information content (AvgIpc) is 2.51. The van der Waals surface area contributed by atoms with Crippen LogP contribution in [0.2, 0.25) is 0 Å². The predicted octanol–water partition coefficient (Wildman–Crippen LogP) is 3.08. The Morgan fingerprint density at radius 3 is 2.00 bits per heavy atom. The number of nitrogens with zero attached hydrogens (tertiary/aromatic N) is 2. The number of phenolic OH excluding ortho intramolecular Hbond substituents is 1. The van der Waals surface area contributed by atoms with E-state index >= 15 is 0 Å². The van der Waals surface area contributed by atoms with E-state index in [1.807, 2.05) is 0 Å². The number of hydrogen-bond acceptors (Lipinski definition) is 6. The molecule has 0 atom stereocenters. The molecule has 2 N–H and O–H groups in total. The number of phenols is 1. The van der Waals surface area contributed by atoms with Crippen molar-refractivity contribution in [1.82, 2.24) is 0 Å². The van der Waals surface area contributed by atoms with Crippen LogP contribution < -0.4 is 5.32 Å². The molecule has 0 unspecified atom stereocenters. The Morgan fingerprint density at radius 1 is 0.958 bits per heavy atom. The molecule has 0 fully saturated rings. The van der Waals surface area contributed by atoms with E-state index in [9.17, 15) is 30.1 Å². The average molecular weight is 331 g/mol. The van der Waals surface area contributed by atoms with Gasteiger partial charge in [0.1, 0.15) is 5.75 Å². The standard InChI is InChI=1S/C15H13N3O6/c1-8-4-14(19)9(2)3-13(8)16-15(20)10-5-11(17(21)22)7-12(6-10)18(23)24/h3-7,19H,1-2H3,(H,16,20). The molecular weight excluding hydrogens is 318 g/mol. The number of amides is 1. The number of nitrogens with one attached hydrogen (secondary N) is 1. The van der Waals surface area contributed by atoms with E-state index in [0.717, 1.165) is 18.2 Å². The lowest BCUT2D eigenvalue weighted by Gasteiger charge is -2.10. The Kier molecular flexibility index (Phi) is 4.45. The molecular formula is C15H13N3O6. The zero-order valence-corrected chi connectivity index (χ0v) is 12.8. The monoisotopic (exact) mass is 331 g/mol. The van der Waals surface area contributed by atoms with Gasteiger partial charge in [0.15, 0.2) is 0 Å². The largest absolute Gasteiger partial charge is 0.508 e. The molecule has 0 bridgehead atoms. The third-order valence-electron chi connectivity index (χ3n) is 3.38. The van der Waals surface area contributed by atoms with Crippen molar-refractivity contribution in [2.75, 3.05) is 5.32 Å². The topological polar surface area (TPSA) is 136 Å². The molecule has 0 heterocycles. The first-order valence-corrected chi connectivity index (χ1v) is 6.74. The fraction of sp³-hybridized carbons (Fsp3) is 0.133. The van der Waals surface area contributed by atoms with E-state index in [-0.39, 0.29) is 11.3 Å². The summed E-state index contributed by atoms with van der Waals surface area (Å²) in [4.78, 5) is 32.4. The van der Waals surface area contributed by atoms with Crippen LogP contribution >= 0.6 is 0 Å². The van der Waals surface area contributed by atoms with Gasteiger partial charge in [0.2, 0.25) is 0 Å². The highest BCUT2D eigenvalue weighted by Crippen LogP contribution is 2.27. The van der Waals surface area contributed by atoms with Crippen LogP contribution in [0.5, 0.6) is 5.75 Å². The minimum atomic E-state index is -0.806. The van der Waals surface area contributed by atoms with Crippen molar-refractivity contribution in [2.24, 2.45) is 0 Å². The Bertz CT molecular complexity index is 830. The number of hydrogen-bond donors (Lipinski definition) is 2. The van der Waals surface area contributed by atoms with Crippen molar-refractivity contribution < 1.29 is 19.7 Å². The van der Waals surface area contributed by atoms with Crippen molar-refractivity contribution in [3.63, 3.8) is 0 Å². The quantitative estimate of drug-likeness (QED) is 0.502. The fourth-order valence-electron chi connectivity index (χ4n) is 2.07. The molecule has 2 aromatic rings. The number of carbonyl (C=O) groups is 1. The summed E-state index contributed by atoms with van der Waals surface area (Å²) >= 11 is 0. The highest BCUT2D eigenvalue weighted by Gasteiger charge is 2.20. The van der Waals surface area contributed by atoms with E-state index in [1.165, 1.54) is 12.1 Å². The van der Waals surface area contributed by atoms with Gasteiger partial charge >= 0.3 is 0 Å². The summed E-state index contributed by atoms with van der Waals surface area (Å²) in [6, 6.07) is 5.71. The molecule has 0 spiro atoms. The minimum absolute atomic E-state index is 0.0662.